The fraction of sp³-hybridized carbons (Fsp3) is 0.0833. The van der Waals surface area contributed by atoms with Gasteiger partial charge < -0.3 is 5.11 Å². The average molecular weight is 296 g/mol. The molecular formula is C12H9FN2O4S. The van der Waals surface area contributed by atoms with E-state index in [1.165, 1.54) is 12.1 Å². The molecule has 0 bridgehead atoms. The summed E-state index contributed by atoms with van der Waals surface area (Å²) in [6.45, 7) is 0. The topological polar surface area (TPSA) is 97.2 Å². The van der Waals surface area contributed by atoms with Crippen LogP contribution in [0.3, 0.4) is 0 Å². The van der Waals surface area contributed by atoms with Gasteiger partial charge in [-0.15, -0.1) is 0 Å². The lowest BCUT2D eigenvalue weighted by Gasteiger charge is -2.06. The van der Waals surface area contributed by atoms with Gasteiger partial charge in [0.2, 0.25) is 15.0 Å². The molecule has 2 aromatic rings. The first-order valence-corrected chi connectivity index (χ1v) is 7.24. The van der Waals surface area contributed by atoms with Crippen molar-refractivity contribution in [3.8, 4) is 11.3 Å². The summed E-state index contributed by atoms with van der Waals surface area (Å²) >= 11 is 0. The molecule has 20 heavy (non-hydrogen) atoms. The van der Waals surface area contributed by atoms with Crippen LogP contribution in [0.25, 0.3) is 11.3 Å². The van der Waals surface area contributed by atoms with E-state index in [1.54, 1.807) is 0 Å². The first-order chi connectivity index (χ1) is 9.29. The van der Waals surface area contributed by atoms with Crippen LogP contribution in [0.4, 0.5) is 4.39 Å². The molecule has 0 amide bonds. The van der Waals surface area contributed by atoms with E-state index in [-0.39, 0.29) is 16.8 Å². The first kappa shape index (κ1) is 14.1. The lowest BCUT2D eigenvalue weighted by molar-refractivity contribution is 0.0696. The second kappa shape index (κ2) is 4.97. The number of benzene rings is 1. The molecule has 0 atom stereocenters. The van der Waals surface area contributed by atoms with Crippen LogP contribution >= 0.6 is 0 Å². The van der Waals surface area contributed by atoms with Crippen LogP contribution in [0.15, 0.2) is 35.6 Å². The van der Waals surface area contributed by atoms with Crippen LogP contribution < -0.4 is 0 Å². The molecule has 0 saturated heterocycles. The van der Waals surface area contributed by atoms with E-state index in [0.717, 1.165) is 24.6 Å². The second-order valence-corrected chi connectivity index (χ2v) is 5.91. The van der Waals surface area contributed by atoms with E-state index < -0.39 is 26.8 Å². The Hall–Kier alpha value is -2.35. The summed E-state index contributed by atoms with van der Waals surface area (Å²) < 4.78 is 35.7. The Balaban J connectivity index is 2.70. The minimum absolute atomic E-state index is 0.0760. The normalized spacial score (nSPS) is 11.3. The van der Waals surface area contributed by atoms with Crippen molar-refractivity contribution in [2.45, 2.75) is 5.16 Å². The van der Waals surface area contributed by atoms with Crippen molar-refractivity contribution in [1.82, 2.24) is 9.97 Å². The number of hydrogen-bond acceptors (Lipinski definition) is 5. The van der Waals surface area contributed by atoms with E-state index >= 15 is 0 Å². The number of carboxylic acid groups (broad SMARTS) is 1. The molecular weight excluding hydrogens is 287 g/mol. The van der Waals surface area contributed by atoms with Crippen LogP contribution in [0.1, 0.15) is 10.4 Å². The third-order valence-electron chi connectivity index (χ3n) is 2.45. The minimum Gasteiger partial charge on any atom is -0.478 e. The van der Waals surface area contributed by atoms with Crippen LogP contribution in [-0.2, 0) is 9.84 Å². The molecule has 8 heteroatoms. The van der Waals surface area contributed by atoms with E-state index in [1.807, 2.05) is 0 Å². The van der Waals surface area contributed by atoms with E-state index in [2.05, 4.69) is 9.97 Å². The summed E-state index contributed by atoms with van der Waals surface area (Å²) in [6, 6.07) is 4.89. The van der Waals surface area contributed by atoms with Crippen molar-refractivity contribution < 1.29 is 22.7 Å². The molecule has 1 aromatic heterocycles. The zero-order valence-electron chi connectivity index (χ0n) is 10.2. The van der Waals surface area contributed by atoms with E-state index in [0.29, 0.717) is 0 Å². The van der Waals surface area contributed by atoms with Gasteiger partial charge in [-0.2, -0.15) is 0 Å². The number of hydrogen-bond donors (Lipinski definition) is 1. The number of nitrogens with zero attached hydrogens (tertiary/aromatic N) is 2. The SMILES string of the molecule is CS(=O)(=O)c1ncc(C(=O)O)c(-c2ccc(F)cc2)n1. The molecule has 0 aliphatic heterocycles. The van der Waals surface area contributed by atoms with Gasteiger partial charge in [0.05, 0.1) is 5.69 Å². The van der Waals surface area contributed by atoms with Crippen molar-refractivity contribution in [3.05, 3.63) is 41.8 Å². The highest BCUT2D eigenvalue weighted by atomic mass is 32.2. The fourth-order valence-corrected chi connectivity index (χ4v) is 2.03. The standard InChI is InChI=1S/C12H9FN2O4S/c1-20(18,19)12-14-6-9(11(16)17)10(15-12)7-2-4-8(13)5-3-7/h2-6H,1H3,(H,16,17). The van der Waals surface area contributed by atoms with E-state index in [4.69, 9.17) is 5.11 Å². The Morgan fingerprint density at radius 1 is 1.25 bits per heavy atom. The molecule has 0 saturated carbocycles. The minimum atomic E-state index is -3.67. The van der Waals surface area contributed by atoms with E-state index in [9.17, 15) is 17.6 Å². The summed E-state index contributed by atoms with van der Waals surface area (Å²) in [5.74, 6) is -1.80. The van der Waals surface area contributed by atoms with Crippen LogP contribution in [0, 0.1) is 5.82 Å². The number of carbonyl (C=O) groups is 1. The zero-order chi connectivity index (χ0) is 14.9. The summed E-state index contributed by atoms with van der Waals surface area (Å²) in [5, 5.41) is 8.59. The number of halogens is 1. The molecule has 2 rings (SSSR count). The molecule has 6 nitrogen and oxygen atoms in total. The Morgan fingerprint density at radius 2 is 1.85 bits per heavy atom. The summed E-state index contributed by atoms with van der Waals surface area (Å²) in [6.07, 6.45) is 1.83. The molecule has 1 heterocycles. The highest BCUT2D eigenvalue weighted by molar-refractivity contribution is 7.90. The molecule has 0 fully saturated rings. The Labute approximate surface area is 113 Å². The molecule has 1 aromatic carbocycles. The number of aromatic nitrogens is 2. The van der Waals surface area contributed by atoms with Gasteiger partial charge in [-0.1, -0.05) is 0 Å². The zero-order valence-corrected chi connectivity index (χ0v) is 11.1. The fourth-order valence-electron chi connectivity index (χ4n) is 1.53. The summed E-state index contributed by atoms with van der Waals surface area (Å²) in [7, 11) is -3.67. The van der Waals surface area contributed by atoms with Crippen molar-refractivity contribution in [2.24, 2.45) is 0 Å². The summed E-state index contributed by atoms with van der Waals surface area (Å²) in [5.41, 5.74) is -0.0481. The molecule has 0 aliphatic carbocycles. The van der Waals surface area contributed by atoms with Gasteiger partial charge in [0.1, 0.15) is 11.4 Å². The molecule has 104 valence electrons. The number of aromatic carboxylic acids is 1. The molecule has 0 unspecified atom stereocenters. The third kappa shape index (κ3) is 2.80. The van der Waals surface area contributed by atoms with Crippen LogP contribution in [0.2, 0.25) is 0 Å². The first-order valence-electron chi connectivity index (χ1n) is 5.35. The highest BCUT2D eigenvalue weighted by Gasteiger charge is 2.19. The van der Waals surface area contributed by atoms with Gasteiger partial charge in [0.25, 0.3) is 0 Å². The maximum Gasteiger partial charge on any atom is 0.339 e. The maximum atomic E-state index is 12.9. The predicted molar refractivity (Wildman–Crippen MR) is 67.5 cm³/mol. The number of rotatable bonds is 3. The predicted octanol–water partition coefficient (Wildman–Crippen LogP) is 1.38. The lowest BCUT2D eigenvalue weighted by Crippen LogP contribution is -2.09. The number of carboxylic acids is 1. The molecule has 1 N–H and O–H groups in total. The average Bonchev–Trinajstić information content (AvgIpc) is 2.37. The van der Waals surface area contributed by atoms with Gasteiger partial charge >= 0.3 is 5.97 Å². The van der Waals surface area contributed by atoms with Gasteiger partial charge in [0, 0.05) is 18.0 Å². The second-order valence-electron chi connectivity index (χ2n) is 4.00. The van der Waals surface area contributed by atoms with Crippen molar-refractivity contribution in [1.29, 1.82) is 0 Å². The molecule has 0 spiro atoms. The Kier molecular flexibility index (Phi) is 3.49. The summed E-state index contributed by atoms with van der Waals surface area (Å²) in [4.78, 5) is 18.4. The van der Waals surface area contributed by atoms with Crippen molar-refractivity contribution in [3.63, 3.8) is 0 Å². The van der Waals surface area contributed by atoms with Crippen LogP contribution in [-0.4, -0.2) is 35.7 Å². The maximum absolute atomic E-state index is 12.9. The monoisotopic (exact) mass is 296 g/mol. The highest BCUT2D eigenvalue weighted by Crippen LogP contribution is 2.22. The van der Waals surface area contributed by atoms with Crippen LogP contribution in [0.5, 0.6) is 0 Å². The van der Waals surface area contributed by atoms with Crippen molar-refractivity contribution in [2.75, 3.05) is 6.26 Å². The molecule has 0 radical (unpaired) electrons. The van der Waals surface area contributed by atoms with Gasteiger partial charge in [-0.05, 0) is 24.3 Å². The smallest absolute Gasteiger partial charge is 0.339 e. The lowest BCUT2D eigenvalue weighted by atomic mass is 10.1. The van der Waals surface area contributed by atoms with Gasteiger partial charge in [0.15, 0.2) is 0 Å². The third-order valence-corrected chi connectivity index (χ3v) is 3.31. The molecule has 0 aliphatic rings. The Morgan fingerprint density at radius 3 is 2.35 bits per heavy atom. The Bertz CT molecular complexity index is 773. The number of sulfone groups is 1. The quantitative estimate of drug-likeness (QED) is 0.859. The van der Waals surface area contributed by atoms with Gasteiger partial charge in [-0.3, -0.25) is 0 Å². The van der Waals surface area contributed by atoms with Crippen molar-refractivity contribution >= 4 is 15.8 Å². The largest absolute Gasteiger partial charge is 0.478 e. The van der Waals surface area contributed by atoms with Gasteiger partial charge in [-0.25, -0.2) is 27.6 Å².